The van der Waals surface area contributed by atoms with Gasteiger partial charge in [0.1, 0.15) is 0 Å². The molecule has 0 aliphatic rings. The number of hydrogen-bond donors (Lipinski definition) is 0. The topological polar surface area (TPSA) is 30.0 Å². The Morgan fingerprint density at radius 2 is 1.74 bits per heavy atom. The summed E-state index contributed by atoms with van der Waals surface area (Å²) in [6.07, 6.45) is 6.44. The van der Waals surface area contributed by atoms with E-state index >= 15 is 0 Å². The fourth-order valence-corrected chi connectivity index (χ4v) is 2.76. The zero-order valence-electron chi connectivity index (χ0n) is 13.5. The first-order chi connectivity index (χ1) is 11.3. The average Bonchev–Trinajstić information content (AvgIpc) is 2.61. The quantitative estimate of drug-likeness (QED) is 0.463. The Hall–Kier alpha value is -2.48. The number of aromatic nitrogens is 1. The lowest BCUT2D eigenvalue weighted by Gasteiger charge is -2.05. The van der Waals surface area contributed by atoms with E-state index < -0.39 is 0 Å². The van der Waals surface area contributed by atoms with Crippen LogP contribution in [0.1, 0.15) is 47.7 Å². The molecule has 0 amide bonds. The highest BCUT2D eigenvalue weighted by Crippen LogP contribution is 2.17. The van der Waals surface area contributed by atoms with Crippen molar-refractivity contribution in [2.45, 2.75) is 32.6 Å². The lowest BCUT2D eigenvalue weighted by molar-refractivity contribution is 0.103. The van der Waals surface area contributed by atoms with Crippen molar-refractivity contribution in [2.24, 2.45) is 0 Å². The van der Waals surface area contributed by atoms with E-state index in [0.717, 1.165) is 22.9 Å². The largest absolute Gasteiger partial charge is 0.289 e. The molecule has 0 saturated carbocycles. The van der Waals surface area contributed by atoms with Gasteiger partial charge in [-0.25, -0.2) is 0 Å². The summed E-state index contributed by atoms with van der Waals surface area (Å²) in [6, 6.07) is 17.8. The standard InChI is InChI=1S/C21H21NO/c1-2-3-4-7-16-10-12-17(13-11-16)21(23)19-14-18-8-5-6-9-20(18)22-15-19/h5-6,8-15H,2-4,7H2,1H3. The van der Waals surface area contributed by atoms with E-state index in [1.807, 2.05) is 42.5 Å². The molecule has 0 aliphatic carbocycles. The highest BCUT2D eigenvalue weighted by molar-refractivity contribution is 6.10. The number of para-hydroxylation sites is 1. The number of fused-ring (bicyclic) bond motifs is 1. The predicted octanol–water partition coefficient (Wildman–Crippen LogP) is 5.20. The first-order valence-corrected chi connectivity index (χ1v) is 8.26. The number of ketones is 1. The molecule has 23 heavy (non-hydrogen) atoms. The number of rotatable bonds is 6. The monoisotopic (exact) mass is 303 g/mol. The SMILES string of the molecule is CCCCCc1ccc(C(=O)c2cnc3ccccc3c2)cc1. The third-order valence-corrected chi connectivity index (χ3v) is 4.14. The lowest BCUT2D eigenvalue weighted by atomic mass is 10.0. The van der Waals surface area contributed by atoms with Gasteiger partial charge >= 0.3 is 0 Å². The van der Waals surface area contributed by atoms with Crippen LogP contribution < -0.4 is 0 Å². The van der Waals surface area contributed by atoms with Crippen LogP contribution in [0.4, 0.5) is 0 Å². The van der Waals surface area contributed by atoms with Crippen molar-refractivity contribution in [3.8, 4) is 0 Å². The van der Waals surface area contributed by atoms with E-state index in [9.17, 15) is 4.79 Å². The zero-order valence-corrected chi connectivity index (χ0v) is 13.5. The van der Waals surface area contributed by atoms with Gasteiger partial charge in [0.25, 0.3) is 0 Å². The molecule has 0 aliphatic heterocycles. The lowest BCUT2D eigenvalue weighted by Crippen LogP contribution is -2.02. The fourth-order valence-electron chi connectivity index (χ4n) is 2.76. The van der Waals surface area contributed by atoms with Gasteiger partial charge in [-0.05, 0) is 30.5 Å². The molecule has 2 nitrogen and oxygen atoms in total. The smallest absolute Gasteiger partial charge is 0.194 e. The minimum atomic E-state index is 0.0309. The summed E-state index contributed by atoms with van der Waals surface area (Å²) in [5.41, 5.74) is 3.57. The molecule has 116 valence electrons. The van der Waals surface area contributed by atoms with Crippen LogP contribution in [0.5, 0.6) is 0 Å². The molecule has 2 heteroatoms. The Morgan fingerprint density at radius 3 is 2.52 bits per heavy atom. The maximum absolute atomic E-state index is 12.6. The van der Waals surface area contributed by atoms with Gasteiger partial charge in [-0.2, -0.15) is 0 Å². The molecule has 0 bridgehead atoms. The molecular formula is C21H21NO. The number of carbonyl (C=O) groups is 1. The van der Waals surface area contributed by atoms with Gasteiger partial charge in [0.05, 0.1) is 5.52 Å². The van der Waals surface area contributed by atoms with Crippen molar-refractivity contribution in [2.75, 3.05) is 0 Å². The van der Waals surface area contributed by atoms with Gasteiger partial charge in [-0.15, -0.1) is 0 Å². The highest BCUT2D eigenvalue weighted by atomic mass is 16.1. The van der Waals surface area contributed by atoms with Crippen molar-refractivity contribution in [1.82, 2.24) is 4.98 Å². The van der Waals surface area contributed by atoms with Gasteiger partial charge in [-0.3, -0.25) is 9.78 Å². The van der Waals surface area contributed by atoms with Crippen molar-refractivity contribution in [3.05, 3.63) is 77.5 Å². The summed E-state index contributed by atoms with van der Waals surface area (Å²) < 4.78 is 0. The molecule has 0 saturated heterocycles. The Labute approximate surface area is 137 Å². The van der Waals surface area contributed by atoms with E-state index in [-0.39, 0.29) is 5.78 Å². The number of nitrogens with zero attached hydrogens (tertiary/aromatic N) is 1. The third kappa shape index (κ3) is 3.65. The van der Waals surface area contributed by atoms with E-state index in [4.69, 9.17) is 0 Å². The first kappa shape index (κ1) is 15.4. The number of pyridine rings is 1. The number of benzene rings is 2. The van der Waals surface area contributed by atoms with Gasteiger partial charge in [0, 0.05) is 22.7 Å². The molecule has 0 N–H and O–H groups in total. The van der Waals surface area contributed by atoms with Crippen LogP contribution in [0.25, 0.3) is 10.9 Å². The zero-order chi connectivity index (χ0) is 16.1. The number of aryl methyl sites for hydroxylation is 1. The van der Waals surface area contributed by atoms with E-state index in [1.54, 1.807) is 6.20 Å². The second kappa shape index (κ2) is 7.19. The van der Waals surface area contributed by atoms with E-state index in [0.29, 0.717) is 5.56 Å². The van der Waals surface area contributed by atoms with E-state index in [2.05, 4.69) is 24.0 Å². The molecular weight excluding hydrogens is 282 g/mol. The van der Waals surface area contributed by atoms with Crippen LogP contribution in [-0.2, 0) is 6.42 Å². The summed E-state index contributed by atoms with van der Waals surface area (Å²) in [6.45, 7) is 2.21. The third-order valence-electron chi connectivity index (χ3n) is 4.14. The van der Waals surface area contributed by atoms with Crippen LogP contribution in [0.3, 0.4) is 0 Å². The van der Waals surface area contributed by atoms with Crippen LogP contribution in [-0.4, -0.2) is 10.8 Å². The summed E-state index contributed by atoms with van der Waals surface area (Å²) in [4.78, 5) is 17.0. The van der Waals surface area contributed by atoms with Crippen LogP contribution in [0.15, 0.2) is 60.8 Å². The first-order valence-electron chi connectivity index (χ1n) is 8.26. The summed E-state index contributed by atoms with van der Waals surface area (Å²) in [5.74, 6) is 0.0309. The Balaban J connectivity index is 1.78. The normalized spacial score (nSPS) is 10.8. The fraction of sp³-hybridized carbons (Fsp3) is 0.238. The number of hydrogen-bond acceptors (Lipinski definition) is 2. The number of carbonyl (C=O) groups excluding carboxylic acids is 1. The molecule has 0 spiro atoms. The van der Waals surface area contributed by atoms with Crippen molar-refractivity contribution in [3.63, 3.8) is 0 Å². The highest BCUT2D eigenvalue weighted by Gasteiger charge is 2.10. The molecule has 2 aromatic carbocycles. The molecule has 1 heterocycles. The molecule has 1 aromatic heterocycles. The maximum Gasteiger partial charge on any atom is 0.194 e. The van der Waals surface area contributed by atoms with Crippen molar-refractivity contribution < 1.29 is 4.79 Å². The Kier molecular flexibility index (Phi) is 4.82. The molecule has 0 unspecified atom stereocenters. The summed E-state index contributed by atoms with van der Waals surface area (Å²) >= 11 is 0. The van der Waals surface area contributed by atoms with Gasteiger partial charge in [0.2, 0.25) is 0 Å². The Morgan fingerprint density at radius 1 is 0.957 bits per heavy atom. The van der Waals surface area contributed by atoms with Gasteiger partial charge in [0.15, 0.2) is 5.78 Å². The second-order valence-electron chi connectivity index (χ2n) is 5.90. The van der Waals surface area contributed by atoms with Crippen molar-refractivity contribution >= 4 is 16.7 Å². The summed E-state index contributed by atoms with van der Waals surface area (Å²) in [5, 5.41) is 0.995. The average molecular weight is 303 g/mol. The molecule has 0 atom stereocenters. The van der Waals surface area contributed by atoms with Crippen LogP contribution in [0.2, 0.25) is 0 Å². The van der Waals surface area contributed by atoms with Crippen LogP contribution >= 0.6 is 0 Å². The second-order valence-corrected chi connectivity index (χ2v) is 5.90. The van der Waals surface area contributed by atoms with E-state index in [1.165, 1.54) is 24.8 Å². The molecule has 3 rings (SSSR count). The molecule has 3 aromatic rings. The number of unbranched alkanes of at least 4 members (excludes halogenated alkanes) is 2. The van der Waals surface area contributed by atoms with Gasteiger partial charge in [-0.1, -0.05) is 62.2 Å². The maximum atomic E-state index is 12.6. The Bertz CT molecular complexity index is 805. The molecule has 0 radical (unpaired) electrons. The predicted molar refractivity (Wildman–Crippen MR) is 94.8 cm³/mol. The molecule has 0 fully saturated rings. The van der Waals surface area contributed by atoms with Crippen LogP contribution in [0, 0.1) is 0 Å². The minimum absolute atomic E-state index is 0.0309. The van der Waals surface area contributed by atoms with Crippen molar-refractivity contribution in [1.29, 1.82) is 0 Å². The summed E-state index contributed by atoms with van der Waals surface area (Å²) in [7, 11) is 0. The minimum Gasteiger partial charge on any atom is -0.289 e. The van der Waals surface area contributed by atoms with Gasteiger partial charge < -0.3 is 0 Å².